The minimum absolute atomic E-state index is 0. The van der Waals surface area contributed by atoms with E-state index in [1.54, 1.807) is 6.07 Å². The van der Waals surface area contributed by atoms with E-state index in [2.05, 4.69) is 0 Å². The third-order valence-corrected chi connectivity index (χ3v) is 5.45. The lowest BCUT2D eigenvalue weighted by Gasteiger charge is -2.29. The predicted molar refractivity (Wildman–Crippen MR) is 81.2 cm³/mol. The van der Waals surface area contributed by atoms with Gasteiger partial charge in [-0.05, 0) is 31.0 Å². The summed E-state index contributed by atoms with van der Waals surface area (Å²) in [6, 6.07) is 4.58. The van der Waals surface area contributed by atoms with Crippen LogP contribution in [0.4, 0.5) is 0 Å². The first-order valence-electron chi connectivity index (χ1n) is 6.04. The van der Waals surface area contributed by atoms with E-state index in [1.165, 1.54) is 23.5 Å². The first-order chi connectivity index (χ1) is 8.95. The molecule has 0 unspecified atom stereocenters. The highest BCUT2D eigenvalue weighted by molar-refractivity contribution is 7.89. The number of benzene rings is 1. The number of halogens is 2. The molecule has 114 valence electrons. The van der Waals surface area contributed by atoms with Gasteiger partial charge in [-0.1, -0.05) is 11.6 Å². The van der Waals surface area contributed by atoms with E-state index < -0.39 is 10.0 Å². The van der Waals surface area contributed by atoms with Crippen LogP contribution >= 0.6 is 24.0 Å². The first kappa shape index (κ1) is 17.5. The van der Waals surface area contributed by atoms with Crippen molar-refractivity contribution in [1.29, 1.82) is 0 Å². The first-order valence-corrected chi connectivity index (χ1v) is 7.86. The Morgan fingerprint density at radius 3 is 2.45 bits per heavy atom. The highest BCUT2D eigenvalue weighted by atomic mass is 35.5. The zero-order chi connectivity index (χ0) is 14.0. The van der Waals surface area contributed by atoms with Gasteiger partial charge in [0.05, 0.1) is 17.0 Å². The summed E-state index contributed by atoms with van der Waals surface area (Å²) in [6.45, 7) is 0.903. The summed E-state index contributed by atoms with van der Waals surface area (Å²) in [4.78, 5) is 0.189. The lowest BCUT2D eigenvalue weighted by Crippen LogP contribution is -2.42. The third kappa shape index (κ3) is 3.56. The zero-order valence-electron chi connectivity index (χ0n) is 11.1. The van der Waals surface area contributed by atoms with Crippen molar-refractivity contribution in [3.8, 4) is 5.75 Å². The highest BCUT2D eigenvalue weighted by Crippen LogP contribution is 2.29. The summed E-state index contributed by atoms with van der Waals surface area (Å²) in [6.07, 6.45) is 1.37. The van der Waals surface area contributed by atoms with Crippen molar-refractivity contribution in [3.63, 3.8) is 0 Å². The quantitative estimate of drug-likeness (QED) is 0.911. The van der Waals surface area contributed by atoms with Crippen molar-refractivity contribution < 1.29 is 13.2 Å². The van der Waals surface area contributed by atoms with Gasteiger partial charge < -0.3 is 10.5 Å². The molecule has 2 N–H and O–H groups in total. The topological polar surface area (TPSA) is 72.6 Å². The van der Waals surface area contributed by atoms with Gasteiger partial charge in [-0.25, -0.2) is 8.42 Å². The Labute approximate surface area is 130 Å². The van der Waals surface area contributed by atoms with E-state index in [-0.39, 0.29) is 28.4 Å². The second-order valence-corrected chi connectivity index (χ2v) is 6.88. The zero-order valence-corrected chi connectivity index (χ0v) is 13.5. The van der Waals surface area contributed by atoms with Gasteiger partial charge in [-0.15, -0.1) is 12.4 Å². The van der Waals surface area contributed by atoms with Gasteiger partial charge in [0.2, 0.25) is 10.0 Å². The maximum Gasteiger partial charge on any atom is 0.243 e. The van der Waals surface area contributed by atoms with Crippen molar-refractivity contribution in [3.05, 3.63) is 23.2 Å². The van der Waals surface area contributed by atoms with Crippen molar-refractivity contribution in [2.45, 2.75) is 23.8 Å². The van der Waals surface area contributed by atoms with Crippen molar-refractivity contribution in [2.75, 3.05) is 20.2 Å². The summed E-state index contributed by atoms with van der Waals surface area (Å²) >= 11 is 5.97. The molecule has 0 radical (unpaired) electrons. The fraction of sp³-hybridized carbons (Fsp3) is 0.500. The molecule has 1 aliphatic rings. The van der Waals surface area contributed by atoms with Crippen molar-refractivity contribution in [1.82, 2.24) is 4.31 Å². The molecular weight excluding hydrogens is 323 g/mol. The maximum atomic E-state index is 12.4. The second-order valence-electron chi connectivity index (χ2n) is 4.54. The predicted octanol–water partition coefficient (Wildman–Crippen LogP) is 1.88. The Kier molecular flexibility index (Phi) is 6.09. The summed E-state index contributed by atoms with van der Waals surface area (Å²) < 4.78 is 31.3. The fourth-order valence-electron chi connectivity index (χ4n) is 2.07. The summed E-state index contributed by atoms with van der Waals surface area (Å²) in [7, 11) is -2.01. The molecule has 0 atom stereocenters. The molecule has 5 nitrogen and oxygen atoms in total. The average Bonchev–Trinajstić information content (AvgIpc) is 2.39. The summed E-state index contributed by atoms with van der Waals surface area (Å²) in [5.41, 5.74) is 5.78. The van der Waals surface area contributed by atoms with E-state index in [0.29, 0.717) is 31.7 Å². The van der Waals surface area contributed by atoms with E-state index >= 15 is 0 Å². The molecule has 0 saturated carbocycles. The molecule has 0 spiro atoms. The third-order valence-electron chi connectivity index (χ3n) is 3.26. The SMILES string of the molecule is COc1ccc(S(=O)(=O)N2CCC(N)CC2)cc1Cl.Cl. The molecule has 0 bridgehead atoms. The van der Waals surface area contributed by atoms with Gasteiger partial charge in [-0.3, -0.25) is 0 Å². The number of sulfonamides is 1. The average molecular weight is 341 g/mol. The van der Waals surface area contributed by atoms with Crippen LogP contribution in [0.15, 0.2) is 23.1 Å². The molecule has 1 saturated heterocycles. The second kappa shape index (κ2) is 6.95. The molecule has 0 amide bonds. The van der Waals surface area contributed by atoms with E-state index in [9.17, 15) is 8.42 Å². The van der Waals surface area contributed by atoms with Crippen LogP contribution in [0.2, 0.25) is 5.02 Å². The number of nitrogens with two attached hydrogens (primary N) is 1. The molecule has 2 rings (SSSR count). The lowest BCUT2D eigenvalue weighted by molar-refractivity contribution is 0.320. The fourth-order valence-corrected chi connectivity index (χ4v) is 3.89. The van der Waals surface area contributed by atoms with Gasteiger partial charge in [0.15, 0.2) is 0 Å². The standard InChI is InChI=1S/C12H17ClN2O3S.ClH/c1-18-12-3-2-10(8-11(12)13)19(16,17)15-6-4-9(14)5-7-15;/h2-3,8-9H,4-7,14H2,1H3;1H. The van der Waals surface area contributed by atoms with Gasteiger partial charge in [0, 0.05) is 19.1 Å². The monoisotopic (exact) mass is 340 g/mol. The number of ether oxygens (including phenoxy) is 1. The molecule has 8 heteroatoms. The minimum atomic E-state index is -3.50. The molecule has 20 heavy (non-hydrogen) atoms. The number of hydrogen-bond acceptors (Lipinski definition) is 4. The van der Waals surface area contributed by atoms with Crippen LogP contribution in [0.5, 0.6) is 5.75 Å². The normalized spacial score (nSPS) is 17.6. The van der Waals surface area contributed by atoms with E-state index in [1.807, 2.05) is 0 Å². The summed E-state index contributed by atoms with van der Waals surface area (Å²) in [5, 5.41) is 0.289. The number of methoxy groups -OCH3 is 1. The molecular formula is C12H18Cl2N2O3S. The molecule has 0 aliphatic carbocycles. The maximum absolute atomic E-state index is 12.4. The Bertz CT molecular complexity index is 558. The number of rotatable bonds is 3. The Morgan fingerprint density at radius 1 is 1.35 bits per heavy atom. The smallest absolute Gasteiger partial charge is 0.243 e. The largest absolute Gasteiger partial charge is 0.495 e. The number of hydrogen-bond donors (Lipinski definition) is 1. The van der Waals surface area contributed by atoms with E-state index in [0.717, 1.165) is 0 Å². The molecule has 1 aromatic rings. The number of piperidine rings is 1. The molecule has 1 aliphatic heterocycles. The van der Waals surface area contributed by atoms with E-state index in [4.69, 9.17) is 22.1 Å². The summed E-state index contributed by atoms with van der Waals surface area (Å²) in [5.74, 6) is 0.460. The molecule has 1 fully saturated rings. The van der Waals surface area contributed by atoms with Gasteiger partial charge in [0.25, 0.3) is 0 Å². The van der Waals surface area contributed by atoms with Crippen LogP contribution in [0.3, 0.4) is 0 Å². The van der Waals surface area contributed by atoms with Crippen LogP contribution in [-0.2, 0) is 10.0 Å². The van der Waals surface area contributed by atoms with Crippen LogP contribution in [0.1, 0.15) is 12.8 Å². The Hall–Kier alpha value is -0.530. The van der Waals surface area contributed by atoms with Gasteiger partial charge in [-0.2, -0.15) is 4.31 Å². The lowest BCUT2D eigenvalue weighted by atomic mass is 10.1. The van der Waals surface area contributed by atoms with Crippen LogP contribution in [0.25, 0.3) is 0 Å². The number of nitrogens with zero attached hydrogens (tertiary/aromatic N) is 1. The van der Waals surface area contributed by atoms with Crippen molar-refractivity contribution in [2.24, 2.45) is 5.73 Å². The van der Waals surface area contributed by atoms with Gasteiger partial charge >= 0.3 is 0 Å². The molecule has 1 aromatic carbocycles. The Morgan fingerprint density at radius 2 is 1.95 bits per heavy atom. The molecule has 0 aromatic heterocycles. The van der Waals surface area contributed by atoms with Gasteiger partial charge in [0.1, 0.15) is 5.75 Å². The molecule has 1 heterocycles. The highest BCUT2D eigenvalue weighted by Gasteiger charge is 2.28. The van der Waals surface area contributed by atoms with Crippen LogP contribution in [0, 0.1) is 0 Å². The van der Waals surface area contributed by atoms with Crippen LogP contribution in [-0.4, -0.2) is 39.0 Å². The van der Waals surface area contributed by atoms with Crippen LogP contribution < -0.4 is 10.5 Å². The minimum Gasteiger partial charge on any atom is -0.495 e. The Balaban J connectivity index is 0.00000200. The van der Waals surface area contributed by atoms with Crippen molar-refractivity contribution >= 4 is 34.0 Å².